The van der Waals surface area contributed by atoms with Gasteiger partial charge in [-0.3, -0.25) is 9.59 Å². The summed E-state index contributed by atoms with van der Waals surface area (Å²) in [5, 5.41) is 16.6. The van der Waals surface area contributed by atoms with Crippen LogP contribution in [-0.4, -0.2) is 22.2 Å². The minimum absolute atomic E-state index is 0.255. The zero-order chi connectivity index (χ0) is 9.72. The van der Waals surface area contributed by atoms with Gasteiger partial charge in [-0.15, -0.1) is 0 Å². The van der Waals surface area contributed by atoms with E-state index >= 15 is 0 Å². The first kappa shape index (κ1) is 10.4. The molecule has 0 spiro atoms. The van der Waals surface area contributed by atoms with E-state index in [1.54, 1.807) is 0 Å². The second kappa shape index (κ2) is 4.33. The molecular formula is C8H10O4. The third kappa shape index (κ3) is 4.27. The van der Waals surface area contributed by atoms with Gasteiger partial charge in [-0.05, 0) is 11.1 Å². The van der Waals surface area contributed by atoms with Crippen LogP contribution in [0, 0.1) is 0 Å². The lowest BCUT2D eigenvalue weighted by Gasteiger charge is -2.02. The van der Waals surface area contributed by atoms with E-state index in [1.165, 1.54) is 0 Å². The molecular weight excluding hydrogens is 160 g/mol. The van der Waals surface area contributed by atoms with Crippen molar-refractivity contribution in [1.82, 2.24) is 0 Å². The van der Waals surface area contributed by atoms with Gasteiger partial charge in [0.2, 0.25) is 0 Å². The smallest absolute Gasteiger partial charge is 0.307 e. The Balaban J connectivity index is 4.03. The number of hydrogen-bond donors (Lipinski definition) is 2. The van der Waals surface area contributed by atoms with E-state index in [1.807, 2.05) is 0 Å². The van der Waals surface area contributed by atoms with E-state index in [9.17, 15) is 9.59 Å². The molecule has 12 heavy (non-hydrogen) atoms. The van der Waals surface area contributed by atoms with E-state index in [0.717, 1.165) is 0 Å². The quantitative estimate of drug-likeness (QED) is 0.604. The molecule has 0 atom stereocenters. The predicted molar refractivity (Wildman–Crippen MR) is 42.8 cm³/mol. The van der Waals surface area contributed by atoms with Crippen molar-refractivity contribution < 1.29 is 19.8 Å². The monoisotopic (exact) mass is 170 g/mol. The third-order valence-electron chi connectivity index (χ3n) is 1.23. The highest BCUT2D eigenvalue weighted by atomic mass is 16.4. The molecule has 4 heteroatoms. The Morgan fingerprint density at radius 3 is 1.33 bits per heavy atom. The summed E-state index contributed by atoms with van der Waals surface area (Å²) in [5.41, 5.74) is 0.509. The van der Waals surface area contributed by atoms with Gasteiger partial charge in [-0.25, -0.2) is 0 Å². The number of carboxylic acids is 2. The van der Waals surface area contributed by atoms with Gasteiger partial charge in [0, 0.05) is 0 Å². The Bertz CT molecular complexity index is 213. The predicted octanol–water partition coefficient (Wildman–Crippen LogP) is 1.05. The van der Waals surface area contributed by atoms with Gasteiger partial charge < -0.3 is 10.2 Å². The topological polar surface area (TPSA) is 74.6 Å². The fourth-order valence-electron chi connectivity index (χ4n) is 0.615. The molecule has 0 fully saturated rings. The molecule has 2 N–H and O–H groups in total. The minimum Gasteiger partial charge on any atom is -0.481 e. The normalized spacial score (nSPS) is 9.00. The number of rotatable bonds is 5. The number of carboxylic acid groups (broad SMARTS) is 2. The van der Waals surface area contributed by atoms with E-state index < -0.39 is 11.9 Å². The zero-order valence-electron chi connectivity index (χ0n) is 6.54. The van der Waals surface area contributed by atoms with Crippen LogP contribution in [0.1, 0.15) is 12.8 Å². The maximum atomic E-state index is 10.2. The number of hydrogen-bond acceptors (Lipinski definition) is 2. The van der Waals surface area contributed by atoms with Crippen LogP contribution in [0.4, 0.5) is 0 Å². The van der Waals surface area contributed by atoms with Crippen molar-refractivity contribution in [3.05, 3.63) is 24.3 Å². The third-order valence-corrected chi connectivity index (χ3v) is 1.23. The summed E-state index contributed by atoms with van der Waals surface area (Å²) >= 11 is 0. The van der Waals surface area contributed by atoms with Gasteiger partial charge in [0.25, 0.3) is 0 Å². The standard InChI is InChI=1S/C8H10O4/c1-5(3-7(9)10)6(2)4-8(11)12/h1-4H2,(H,9,10)(H,11,12). The second-order valence-electron chi connectivity index (χ2n) is 2.35. The minimum atomic E-state index is -1.04. The van der Waals surface area contributed by atoms with Crippen LogP contribution < -0.4 is 0 Å². The first-order valence-corrected chi connectivity index (χ1v) is 3.23. The van der Waals surface area contributed by atoms with E-state index in [-0.39, 0.29) is 24.0 Å². The summed E-state index contributed by atoms with van der Waals surface area (Å²) < 4.78 is 0. The molecule has 0 amide bonds. The highest BCUT2D eigenvalue weighted by molar-refractivity contribution is 5.75. The summed E-state index contributed by atoms with van der Waals surface area (Å²) in [6.07, 6.45) is -0.516. The van der Waals surface area contributed by atoms with Gasteiger partial charge in [-0.2, -0.15) is 0 Å². The Labute approximate surface area is 69.8 Å². The first-order valence-electron chi connectivity index (χ1n) is 3.23. The maximum Gasteiger partial charge on any atom is 0.307 e. The summed E-state index contributed by atoms with van der Waals surface area (Å²) in [5.74, 6) is -2.07. The average Bonchev–Trinajstić information content (AvgIpc) is 1.84. The fourth-order valence-corrected chi connectivity index (χ4v) is 0.615. The highest BCUT2D eigenvalue weighted by Gasteiger charge is 2.08. The molecule has 0 aliphatic heterocycles. The zero-order valence-corrected chi connectivity index (χ0v) is 6.54. The second-order valence-corrected chi connectivity index (χ2v) is 2.35. The molecule has 0 heterocycles. The first-order chi connectivity index (χ1) is 5.43. The SMILES string of the molecule is C=C(CC(=O)O)C(=C)CC(=O)O. The van der Waals surface area contributed by atoms with Crippen LogP contribution in [-0.2, 0) is 9.59 Å². The van der Waals surface area contributed by atoms with Crippen molar-refractivity contribution in [2.45, 2.75) is 12.8 Å². The Morgan fingerprint density at radius 1 is 0.917 bits per heavy atom. The molecule has 0 aromatic rings. The Hall–Kier alpha value is -1.58. The van der Waals surface area contributed by atoms with Crippen molar-refractivity contribution >= 4 is 11.9 Å². The molecule has 0 aromatic heterocycles. The largest absolute Gasteiger partial charge is 0.481 e. The van der Waals surface area contributed by atoms with Crippen molar-refractivity contribution in [1.29, 1.82) is 0 Å². The van der Waals surface area contributed by atoms with E-state index in [4.69, 9.17) is 10.2 Å². The van der Waals surface area contributed by atoms with Crippen LogP contribution in [0.15, 0.2) is 24.3 Å². The van der Waals surface area contributed by atoms with Crippen molar-refractivity contribution in [3.63, 3.8) is 0 Å². The van der Waals surface area contributed by atoms with E-state index in [2.05, 4.69) is 13.2 Å². The number of carbonyl (C=O) groups is 2. The van der Waals surface area contributed by atoms with Gasteiger partial charge >= 0.3 is 11.9 Å². The molecule has 0 saturated heterocycles. The van der Waals surface area contributed by atoms with Crippen molar-refractivity contribution in [2.24, 2.45) is 0 Å². The Morgan fingerprint density at radius 2 is 1.17 bits per heavy atom. The highest BCUT2D eigenvalue weighted by Crippen LogP contribution is 2.12. The summed E-state index contributed by atoms with van der Waals surface area (Å²) in [6.45, 7) is 6.81. The average molecular weight is 170 g/mol. The van der Waals surface area contributed by atoms with Crippen LogP contribution in [0.2, 0.25) is 0 Å². The lowest BCUT2D eigenvalue weighted by atomic mass is 10.0. The molecule has 0 bridgehead atoms. The van der Waals surface area contributed by atoms with E-state index in [0.29, 0.717) is 0 Å². The maximum absolute atomic E-state index is 10.2. The van der Waals surface area contributed by atoms with Crippen molar-refractivity contribution in [2.75, 3.05) is 0 Å². The molecule has 0 rings (SSSR count). The molecule has 66 valence electrons. The molecule has 0 aliphatic rings. The van der Waals surface area contributed by atoms with Gasteiger partial charge in [0.1, 0.15) is 0 Å². The lowest BCUT2D eigenvalue weighted by molar-refractivity contribution is -0.137. The van der Waals surface area contributed by atoms with Crippen LogP contribution in [0.5, 0.6) is 0 Å². The van der Waals surface area contributed by atoms with Crippen LogP contribution in [0.3, 0.4) is 0 Å². The molecule has 4 nitrogen and oxygen atoms in total. The molecule has 0 aromatic carbocycles. The molecule has 0 aliphatic carbocycles. The van der Waals surface area contributed by atoms with Crippen LogP contribution >= 0.6 is 0 Å². The molecule has 0 saturated carbocycles. The fraction of sp³-hybridized carbons (Fsp3) is 0.250. The van der Waals surface area contributed by atoms with Gasteiger partial charge in [0.15, 0.2) is 0 Å². The summed E-state index contributed by atoms with van der Waals surface area (Å²) in [7, 11) is 0. The summed E-state index contributed by atoms with van der Waals surface area (Å²) in [4.78, 5) is 20.3. The molecule has 0 unspecified atom stereocenters. The Kier molecular flexibility index (Phi) is 3.76. The summed E-state index contributed by atoms with van der Waals surface area (Å²) in [6, 6.07) is 0. The lowest BCUT2D eigenvalue weighted by Crippen LogP contribution is -2.02. The number of aliphatic carboxylic acids is 2. The van der Waals surface area contributed by atoms with Crippen molar-refractivity contribution in [3.8, 4) is 0 Å². The van der Waals surface area contributed by atoms with Crippen LogP contribution in [0.25, 0.3) is 0 Å². The van der Waals surface area contributed by atoms with Gasteiger partial charge in [0.05, 0.1) is 12.8 Å². The molecule has 0 radical (unpaired) electrons. The van der Waals surface area contributed by atoms with Gasteiger partial charge in [-0.1, -0.05) is 13.2 Å².